The van der Waals surface area contributed by atoms with Crippen LogP contribution in [0.25, 0.3) is 0 Å². The predicted octanol–water partition coefficient (Wildman–Crippen LogP) is 3.06. The molecule has 3 rings (SSSR count). The van der Waals surface area contributed by atoms with E-state index in [9.17, 15) is 14.0 Å². The van der Waals surface area contributed by atoms with E-state index in [2.05, 4.69) is 10.6 Å². The summed E-state index contributed by atoms with van der Waals surface area (Å²) in [5.74, 6) is -0.541. The van der Waals surface area contributed by atoms with Crippen molar-refractivity contribution in [2.24, 2.45) is 5.92 Å². The van der Waals surface area contributed by atoms with Gasteiger partial charge in [-0.2, -0.15) is 0 Å². The summed E-state index contributed by atoms with van der Waals surface area (Å²) in [6.07, 6.45) is 1.23. The zero-order valence-electron chi connectivity index (χ0n) is 15.2. The Morgan fingerprint density at radius 2 is 1.59 bits per heavy atom. The van der Waals surface area contributed by atoms with Gasteiger partial charge in [-0.15, -0.1) is 0 Å². The number of halogens is 1. The molecular weight excluding hydrogens is 345 g/mol. The molecule has 0 radical (unpaired) electrons. The fourth-order valence-corrected chi connectivity index (χ4v) is 3.20. The van der Waals surface area contributed by atoms with E-state index in [4.69, 9.17) is 0 Å². The average Bonchev–Trinajstić information content (AvgIpc) is 2.72. The van der Waals surface area contributed by atoms with Crippen molar-refractivity contribution in [3.63, 3.8) is 0 Å². The van der Waals surface area contributed by atoms with Crippen molar-refractivity contribution >= 4 is 11.9 Å². The van der Waals surface area contributed by atoms with Gasteiger partial charge in [-0.25, -0.2) is 9.18 Å². The van der Waals surface area contributed by atoms with Gasteiger partial charge in [0.1, 0.15) is 5.82 Å². The van der Waals surface area contributed by atoms with E-state index in [0.717, 1.165) is 5.56 Å². The third-order valence-electron chi connectivity index (χ3n) is 4.85. The van der Waals surface area contributed by atoms with Gasteiger partial charge in [0.15, 0.2) is 0 Å². The van der Waals surface area contributed by atoms with Gasteiger partial charge in [-0.05, 0) is 24.5 Å². The summed E-state index contributed by atoms with van der Waals surface area (Å²) in [7, 11) is 0. The molecule has 2 aromatic carbocycles. The summed E-state index contributed by atoms with van der Waals surface area (Å²) in [4.78, 5) is 26.3. The number of amides is 3. The molecule has 1 saturated heterocycles. The van der Waals surface area contributed by atoms with Crippen LogP contribution in [0.5, 0.6) is 0 Å². The van der Waals surface area contributed by atoms with Crippen molar-refractivity contribution in [1.29, 1.82) is 0 Å². The molecular formula is C21H24FN3O2. The topological polar surface area (TPSA) is 61.4 Å². The molecule has 1 fully saturated rings. The molecule has 0 saturated carbocycles. The van der Waals surface area contributed by atoms with Gasteiger partial charge in [0.25, 0.3) is 0 Å². The number of likely N-dealkylation sites (tertiary alicyclic amines) is 1. The highest BCUT2D eigenvalue weighted by Gasteiger charge is 2.27. The molecule has 1 aliphatic rings. The molecule has 1 heterocycles. The Hall–Kier alpha value is -2.89. The third-order valence-corrected chi connectivity index (χ3v) is 4.85. The van der Waals surface area contributed by atoms with Crippen LogP contribution < -0.4 is 10.6 Å². The predicted molar refractivity (Wildman–Crippen MR) is 101 cm³/mol. The quantitative estimate of drug-likeness (QED) is 0.851. The maximum atomic E-state index is 13.6. The Balaban J connectivity index is 1.40. The van der Waals surface area contributed by atoms with Crippen molar-refractivity contribution in [2.75, 3.05) is 13.1 Å². The maximum Gasteiger partial charge on any atom is 0.317 e. The zero-order valence-corrected chi connectivity index (χ0v) is 15.2. The Labute approximate surface area is 158 Å². The number of carbonyl (C=O) groups is 2. The van der Waals surface area contributed by atoms with Crippen LogP contribution in [0.4, 0.5) is 9.18 Å². The molecule has 5 nitrogen and oxygen atoms in total. The van der Waals surface area contributed by atoms with E-state index in [1.807, 2.05) is 30.3 Å². The summed E-state index contributed by atoms with van der Waals surface area (Å²) in [6.45, 7) is 1.75. The summed E-state index contributed by atoms with van der Waals surface area (Å²) < 4.78 is 13.6. The lowest BCUT2D eigenvalue weighted by Gasteiger charge is -2.31. The highest BCUT2D eigenvalue weighted by molar-refractivity contribution is 5.79. The van der Waals surface area contributed by atoms with Crippen molar-refractivity contribution in [3.05, 3.63) is 71.5 Å². The smallest absolute Gasteiger partial charge is 0.317 e. The lowest BCUT2D eigenvalue weighted by atomic mass is 9.96. The molecule has 2 aromatic rings. The van der Waals surface area contributed by atoms with Gasteiger partial charge in [0.2, 0.25) is 5.91 Å². The number of piperidine rings is 1. The van der Waals surface area contributed by atoms with Crippen LogP contribution >= 0.6 is 0 Å². The Morgan fingerprint density at radius 1 is 0.926 bits per heavy atom. The second kappa shape index (κ2) is 9.16. The first kappa shape index (κ1) is 18.9. The number of nitrogens with zero attached hydrogens (tertiary/aromatic N) is 1. The number of hydrogen-bond acceptors (Lipinski definition) is 2. The van der Waals surface area contributed by atoms with Gasteiger partial charge in [0, 0.05) is 37.7 Å². The van der Waals surface area contributed by atoms with Gasteiger partial charge >= 0.3 is 6.03 Å². The van der Waals surface area contributed by atoms with Crippen molar-refractivity contribution < 1.29 is 14.0 Å². The molecule has 27 heavy (non-hydrogen) atoms. The van der Waals surface area contributed by atoms with E-state index in [-0.39, 0.29) is 30.2 Å². The number of nitrogens with one attached hydrogen (secondary N) is 2. The van der Waals surface area contributed by atoms with E-state index in [1.165, 1.54) is 6.07 Å². The minimum absolute atomic E-state index is 0.0809. The maximum absolute atomic E-state index is 13.6. The molecule has 2 N–H and O–H groups in total. The zero-order chi connectivity index (χ0) is 19.1. The van der Waals surface area contributed by atoms with Crippen molar-refractivity contribution in [1.82, 2.24) is 15.5 Å². The normalized spacial score (nSPS) is 14.6. The van der Waals surface area contributed by atoms with Crippen molar-refractivity contribution in [2.45, 2.75) is 25.9 Å². The largest absolute Gasteiger partial charge is 0.352 e. The van der Waals surface area contributed by atoms with E-state index < -0.39 is 0 Å². The van der Waals surface area contributed by atoms with Crippen LogP contribution in [0.15, 0.2) is 54.6 Å². The van der Waals surface area contributed by atoms with Gasteiger partial charge < -0.3 is 15.5 Å². The fraction of sp³-hybridized carbons (Fsp3) is 0.333. The van der Waals surface area contributed by atoms with Crippen LogP contribution in [-0.4, -0.2) is 29.9 Å². The second-order valence-corrected chi connectivity index (χ2v) is 6.71. The minimum atomic E-state index is -0.317. The van der Waals surface area contributed by atoms with Crippen LogP contribution in [0.1, 0.15) is 24.0 Å². The highest BCUT2D eigenvalue weighted by atomic mass is 19.1. The molecule has 1 aliphatic heterocycles. The van der Waals surface area contributed by atoms with Crippen LogP contribution in [0.3, 0.4) is 0 Å². The molecule has 142 valence electrons. The van der Waals surface area contributed by atoms with Crippen LogP contribution in [-0.2, 0) is 17.9 Å². The van der Waals surface area contributed by atoms with Gasteiger partial charge in [-0.1, -0.05) is 48.5 Å². The molecule has 3 amide bonds. The van der Waals surface area contributed by atoms with Crippen LogP contribution in [0.2, 0.25) is 0 Å². The summed E-state index contributed by atoms with van der Waals surface area (Å²) in [5.41, 5.74) is 1.52. The number of urea groups is 1. The first-order chi connectivity index (χ1) is 13.1. The van der Waals surface area contributed by atoms with Crippen LogP contribution in [0, 0.1) is 11.7 Å². The van der Waals surface area contributed by atoms with Crippen molar-refractivity contribution in [3.8, 4) is 0 Å². The summed E-state index contributed by atoms with van der Waals surface area (Å²) >= 11 is 0. The third kappa shape index (κ3) is 5.29. The number of hydrogen-bond donors (Lipinski definition) is 2. The second-order valence-electron chi connectivity index (χ2n) is 6.71. The highest BCUT2D eigenvalue weighted by Crippen LogP contribution is 2.18. The minimum Gasteiger partial charge on any atom is -0.352 e. The SMILES string of the molecule is O=C(NCc1ccccc1F)C1CCN(C(=O)NCc2ccccc2)CC1. The van der Waals surface area contributed by atoms with E-state index >= 15 is 0 Å². The molecule has 0 atom stereocenters. The molecule has 0 unspecified atom stereocenters. The standard InChI is InChI=1S/C21H24FN3O2/c22-19-9-5-4-8-18(19)15-23-20(26)17-10-12-25(13-11-17)21(27)24-14-16-6-2-1-3-7-16/h1-9,17H,10-15H2,(H,23,26)(H,24,27). The number of carbonyl (C=O) groups excluding carboxylic acids is 2. The first-order valence-corrected chi connectivity index (χ1v) is 9.21. The average molecular weight is 369 g/mol. The van der Waals surface area contributed by atoms with E-state index in [0.29, 0.717) is 38.0 Å². The number of rotatable bonds is 5. The van der Waals surface area contributed by atoms with Gasteiger partial charge in [-0.3, -0.25) is 4.79 Å². The lowest BCUT2D eigenvalue weighted by molar-refractivity contribution is -0.126. The molecule has 0 aromatic heterocycles. The molecule has 0 spiro atoms. The Bertz CT molecular complexity index is 774. The summed E-state index contributed by atoms with van der Waals surface area (Å²) in [5, 5.41) is 5.71. The first-order valence-electron chi connectivity index (χ1n) is 9.21. The molecule has 0 aliphatic carbocycles. The number of benzene rings is 2. The monoisotopic (exact) mass is 369 g/mol. The Kier molecular flexibility index (Phi) is 6.41. The lowest BCUT2D eigenvalue weighted by Crippen LogP contribution is -2.46. The Morgan fingerprint density at radius 3 is 2.30 bits per heavy atom. The van der Waals surface area contributed by atoms with Gasteiger partial charge in [0.05, 0.1) is 0 Å². The molecule has 0 bridgehead atoms. The van der Waals surface area contributed by atoms with E-state index in [1.54, 1.807) is 23.1 Å². The molecule has 6 heteroatoms. The fourth-order valence-electron chi connectivity index (χ4n) is 3.20. The summed E-state index contributed by atoms with van der Waals surface area (Å²) in [6, 6.07) is 16.1.